The summed E-state index contributed by atoms with van der Waals surface area (Å²) in [6.45, 7) is 1.72. The molecule has 0 aliphatic rings. The zero-order valence-electron chi connectivity index (χ0n) is 6.16. The Hall–Kier alpha value is -1.27. The Bertz CT molecular complexity index is 303. The molecule has 11 heavy (non-hydrogen) atoms. The van der Waals surface area contributed by atoms with E-state index in [1.54, 1.807) is 18.3 Å². The van der Waals surface area contributed by atoms with Gasteiger partial charge in [-0.05, 0) is 18.4 Å². The average molecular weight is 164 g/mol. The molecule has 2 N–H and O–H groups in total. The van der Waals surface area contributed by atoms with Gasteiger partial charge in [-0.1, -0.05) is 0 Å². The van der Waals surface area contributed by atoms with Gasteiger partial charge in [0.05, 0.1) is 11.8 Å². The van der Waals surface area contributed by atoms with Crippen molar-refractivity contribution in [2.24, 2.45) is 5.73 Å². The first-order valence-electron chi connectivity index (χ1n) is 3.14. The van der Waals surface area contributed by atoms with Gasteiger partial charge in [0.2, 0.25) is 0 Å². The van der Waals surface area contributed by atoms with E-state index in [1.807, 2.05) is 22.9 Å². The Morgan fingerprint density at radius 2 is 2.45 bits per heavy atom. The lowest BCUT2D eigenvalue weighted by molar-refractivity contribution is 1.41. The van der Waals surface area contributed by atoms with Crippen LogP contribution in [0.4, 0.5) is 0 Å². The molecule has 0 saturated carbocycles. The zero-order valence-corrected chi connectivity index (χ0v) is 6.98. The van der Waals surface area contributed by atoms with E-state index in [0.717, 1.165) is 5.56 Å². The van der Waals surface area contributed by atoms with Crippen LogP contribution in [0.2, 0.25) is 0 Å². The summed E-state index contributed by atoms with van der Waals surface area (Å²) in [5.41, 5.74) is 7.75. The number of thiophene rings is 1. The number of hydrogen-bond donors (Lipinski definition) is 1. The summed E-state index contributed by atoms with van der Waals surface area (Å²) in [6, 6.07) is 3.92. The molecule has 0 spiro atoms. The highest BCUT2D eigenvalue weighted by Gasteiger charge is 1.99. The lowest BCUT2D eigenvalue weighted by Crippen LogP contribution is -1.96. The molecule has 0 atom stereocenters. The molecule has 2 nitrogen and oxygen atoms in total. The Morgan fingerprint density at radius 1 is 1.73 bits per heavy atom. The lowest BCUT2D eigenvalue weighted by atomic mass is 10.2. The maximum atomic E-state index is 8.52. The Kier molecular flexibility index (Phi) is 2.29. The first-order chi connectivity index (χ1) is 5.25. The third-order valence-electron chi connectivity index (χ3n) is 1.40. The highest BCUT2D eigenvalue weighted by Crippen LogP contribution is 2.15. The monoisotopic (exact) mass is 164 g/mol. The zero-order chi connectivity index (χ0) is 8.27. The number of nitrogens with two attached hydrogens (primary N) is 1. The van der Waals surface area contributed by atoms with Gasteiger partial charge in [-0.3, -0.25) is 0 Å². The Morgan fingerprint density at radius 3 is 2.91 bits per heavy atom. The van der Waals surface area contributed by atoms with Crippen LogP contribution in [0.3, 0.4) is 0 Å². The molecule has 1 heterocycles. The molecule has 1 rings (SSSR count). The smallest absolute Gasteiger partial charge is 0.0965 e. The third kappa shape index (κ3) is 1.60. The molecule has 0 amide bonds. The predicted octanol–water partition coefficient (Wildman–Crippen LogP) is 1.96. The first-order valence-corrected chi connectivity index (χ1v) is 4.09. The quantitative estimate of drug-likeness (QED) is 0.645. The normalized spacial score (nSPS) is 12.0. The number of allylic oxidation sites excluding steroid dienone is 1. The van der Waals surface area contributed by atoms with E-state index in [0.29, 0.717) is 11.3 Å². The highest BCUT2D eigenvalue weighted by atomic mass is 32.1. The average Bonchev–Trinajstić information content (AvgIpc) is 2.53. The van der Waals surface area contributed by atoms with Gasteiger partial charge < -0.3 is 5.73 Å². The lowest BCUT2D eigenvalue weighted by Gasteiger charge is -1.96. The summed E-state index contributed by atoms with van der Waals surface area (Å²) < 4.78 is 0. The fraction of sp³-hybridized carbons (Fsp3) is 0.125. The summed E-state index contributed by atoms with van der Waals surface area (Å²) in [6.07, 6.45) is 0. The number of rotatable bonds is 1. The molecule has 56 valence electrons. The van der Waals surface area contributed by atoms with Gasteiger partial charge in [-0.15, -0.1) is 0 Å². The van der Waals surface area contributed by atoms with Crippen LogP contribution in [0.5, 0.6) is 0 Å². The van der Waals surface area contributed by atoms with Gasteiger partial charge in [0.15, 0.2) is 0 Å². The van der Waals surface area contributed by atoms with Gasteiger partial charge >= 0.3 is 0 Å². The van der Waals surface area contributed by atoms with Crippen LogP contribution in [-0.2, 0) is 0 Å². The second-order valence-corrected chi connectivity index (χ2v) is 2.94. The second kappa shape index (κ2) is 3.22. The van der Waals surface area contributed by atoms with Crippen LogP contribution in [0.15, 0.2) is 22.4 Å². The van der Waals surface area contributed by atoms with E-state index >= 15 is 0 Å². The minimum absolute atomic E-state index is 0.573. The van der Waals surface area contributed by atoms with Crippen molar-refractivity contribution in [1.29, 1.82) is 5.26 Å². The number of nitrogens with zero attached hydrogens (tertiary/aromatic N) is 1. The molecule has 0 radical (unpaired) electrons. The van der Waals surface area contributed by atoms with Crippen LogP contribution in [0, 0.1) is 11.3 Å². The highest BCUT2D eigenvalue weighted by molar-refractivity contribution is 7.08. The summed E-state index contributed by atoms with van der Waals surface area (Å²) in [5.74, 6) is 0. The van der Waals surface area contributed by atoms with E-state index in [9.17, 15) is 0 Å². The third-order valence-corrected chi connectivity index (χ3v) is 2.09. The molecule has 0 saturated heterocycles. The van der Waals surface area contributed by atoms with Gasteiger partial charge in [-0.25, -0.2) is 0 Å². The maximum Gasteiger partial charge on any atom is 0.0965 e. The van der Waals surface area contributed by atoms with Crippen molar-refractivity contribution in [3.05, 3.63) is 28.0 Å². The molecular weight excluding hydrogens is 156 g/mol. The second-order valence-electron chi connectivity index (χ2n) is 2.16. The number of nitriles is 1. The molecule has 0 unspecified atom stereocenters. The van der Waals surface area contributed by atoms with Crippen molar-refractivity contribution in [3.8, 4) is 6.07 Å². The van der Waals surface area contributed by atoms with Crippen LogP contribution in [0.1, 0.15) is 12.5 Å². The van der Waals surface area contributed by atoms with Crippen molar-refractivity contribution in [2.45, 2.75) is 6.92 Å². The minimum atomic E-state index is 0.573. The summed E-state index contributed by atoms with van der Waals surface area (Å²) in [4.78, 5) is 0. The molecular formula is C8H8N2S. The molecule has 0 bridgehead atoms. The fourth-order valence-electron chi connectivity index (χ4n) is 0.694. The molecule has 1 aromatic rings. The fourth-order valence-corrected chi connectivity index (χ4v) is 1.35. The topological polar surface area (TPSA) is 49.8 Å². The van der Waals surface area contributed by atoms with Gasteiger partial charge in [-0.2, -0.15) is 16.6 Å². The van der Waals surface area contributed by atoms with Crippen LogP contribution < -0.4 is 5.73 Å². The van der Waals surface area contributed by atoms with Gasteiger partial charge in [0, 0.05) is 16.5 Å². The van der Waals surface area contributed by atoms with E-state index in [2.05, 4.69) is 0 Å². The number of hydrogen-bond acceptors (Lipinski definition) is 3. The Labute approximate surface area is 69.6 Å². The summed E-state index contributed by atoms with van der Waals surface area (Å²) in [5, 5.41) is 12.4. The molecule has 0 aliphatic heterocycles. The minimum Gasteiger partial charge on any atom is -0.397 e. The van der Waals surface area contributed by atoms with Gasteiger partial charge in [0.25, 0.3) is 0 Å². The maximum absolute atomic E-state index is 8.52. The molecule has 3 heteroatoms. The summed E-state index contributed by atoms with van der Waals surface area (Å²) in [7, 11) is 0. The van der Waals surface area contributed by atoms with E-state index in [4.69, 9.17) is 11.0 Å². The molecule has 0 aliphatic carbocycles. The van der Waals surface area contributed by atoms with E-state index in [1.165, 1.54) is 0 Å². The standard InChI is InChI=1S/C8H8N2S/c1-6(4-9)8(10)7-2-3-11-5-7/h2-3,5H,10H2,1H3/b8-6-. The first kappa shape index (κ1) is 7.83. The molecule has 0 aromatic carbocycles. The van der Waals surface area contributed by atoms with Crippen molar-refractivity contribution >= 4 is 17.0 Å². The van der Waals surface area contributed by atoms with Crippen molar-refractivity contribution in [1.82, 2.24) is 0 Å². The van der Waals surface area contributed by atoms with Crippen molar-refractivity contribution in [2.75, 3.05) is 0 Å². The van der Waals surface area contributed by atoms with E-state index < -0.39 is 0 Å². The van der Waals surface area contributed by atoms with Crippen LogP contribution in [0.25, 0.3) is 5.70 Å². The molecule has 1 aromatic heterocycles. The molecule has 0 fully saturated rings. The van der Waals surface area contributed by atoms with Crippen molar-refractivity contribution < 1.29 is 0 Å². The van der Waals surface area contributed by atoms with Gasteiger partial charge in [0.1, 0.15) is 0 Å². The van der Waals surface area contributed by atoms with Crippen molar-refractivity contribution in [3.63, 3.8) is 0 Å². The van der Waals surface area contributed by atoms with E-state index in [-0.39, 0.29) is 0 Å². The Balaban J connectivity index is 3.05. The predicted molar refractivity (Wildman–Crippen MR) is 46.7 cm³/mol. The van der Waals surface area contributed by atoms with Crippen LogP contribution >= 0.6 is 11.3 Å². The largest absolute Gasteiger partial charge is 0.397 e. The summed E-state index contributed by atoms with van der Waals surface area (Å²) >= 11 is 1.57. The van der Waals surface area contributed by atoms with Crippen LogP contribution in [-0.4, -0.2) is 0 Å². The SMILES string of the molecule is C/C(C#N)=C(/N)c1ccsc1.